The lowest BCUT2D eigenvalue weighted by Gasteiger charge is -2.05. The summed E-state index contributed by atoms with van der Waals surface area (Å²) in [6, 6.07) is 11.7. The fourth-order valence-corrected chi connectivity index (χ4v) is 2.47. The van der Waals surface area contributed by atoms with Crippen molar-refractivity contribution < 1.29 is 17.4 Å². The van der Waals surface area contributed by atoms with Crippen molar-refractivity contribution in [2.75, 3.05) is 6.26 Å². The fourth-order valence-electron chi connectivity index (χ4n) is 2.25. The summed E-state index contributed by atoms with van der Waals surface area (Å²) in [5.41, 5.74) is 1.25. The van der Waals surface area contributed by atoms with Gasteiger partial charge in [0.25, 0.3) is 0 Å². The Labute approximate surface area is 116 Å². The van der Waals surface area contributed by atoms with Crippen molar-refractivity contribution in [2.24, 2.45) is 5.16 Å². The highest BCUT2D eigenvalue weighted by Crippen LogP contribution is 2.36. The Hall–Kier alpha value is -2.08. The molecule has 0 N–H and O–H groups in total. The lowest BCUT2D eigenvalue weighted by Crippen LogP contribution is -2.17. The summed E-state index contributed by atoms with van der Waals surface area (Å²) in [5.74, 6) is 0.714. The Kier molecular flexibility index (Phi) is 2.90. The Morgan fingerprint density at radius 1 is 1.20 bits per heavy atom. The summed E-state index contributed by atoms with van der Waals surface area (Å²) < 4.78 is 32.4. The predicted octanol–water partition coefficient (Wildman–Crippen LogP) is 2.30. The van der Waals surface area contributed by atoms with Gasteiger partial charge in [0.05, 0.1) is 6.26 Å². The first-order chi connectivity index (χ1) is 9.46. The molecule has 5 nitrogen and oxygen atoms in total. The maximum Gasteiger partial charge on any atom is 0.325 e. The van der Waals surface area contributed by atoms with Crippen molar-refractivity contribution in [3.8, 4) is 5.75 Å². The zero-order chi connectivity index (χ0) is 14.3. The summed E-state index contributed by atoms with van der Waals surface area (Å²) in [5, 5.41) is 5.76. The lowest BCUT2D eigenvalue weighted by molar-refractivity contribution is 0.295. The summed E-state index contributed by atoms with van der Waals surface area (Å²) in [6.07, 6.45) is 0.608. The quantitative estimate of drug-likeness (QED) is 0.796. The molecule has 0 aromatic heterocycles. The van der Waals surface area contributed by atoms with Gasteiger partial charge >= 0.3 is 10.1 Å². The van der Waals surface area contributed by atoms with E-state index in [0.717, 1.165) is 22.6 Å². The number of nitrogens with zero attached hydrogens (tertiary/aromatic N) is 1. The van der Waals surface area contributed by atoms with Crippen LogP contribution in [-0.4, -0.2) is 26.5 Å². The van der Waals surface area contributed by atoms with Crippen LogP contribution in [0.4, 0.5) is 0 Å². The van der Waals surface area contributed by atoms with Crippen LogP contribution < -0.4 is 4.74 Å². The van der Waals surface area contributed by atoms with Gasteiger partial charge in [0, 0.05) is 10.9 Å². The Morgan fingerprint density at radius 3 is 2.70 bits per heavy atom. The van der Waals surface area contributed by atoms with E-state index in [1.807, 2.05) is 36.4 Å². The molecule has 1 aliphatic rings. The van der Waals surface area contributed by atoms with Crippen molar-refractivity contribution in [1.82, 2.24) is 0 Å². The summed E-state index contributed by atoms with van der Waals surface area (Å²) in [4.78, 5) is 0. The minimum absolute atomic E-state index is 0.349. The minimum atomic E-state index is -3.62. The molecule has 0 saturated carbocycles. The SMILES string of the molecule is CC1Oc2c(ccc3ccccc23)C1=NOS(C)(=O)=O. The standard InChI is InChI=1S/C14H13NO4S/c1-9-13(15-19-20(2,16)17)12-8-7-10-5-3-4-6-11(10)14(12)18-9/h3-9H,1-2H3. The summed E-state index contributed by atoms with van der Waals surface area (Å²) in [7, 11) is -3.62. The molecular formula is C14H13NO4S. The van der Waals surface area contributed by atoms with E-state index in [4.69, 9.17) is 4.74 Å². The van der Waals surface area contributed by atoms with Crippen LogP contribution in [0.3, 0.4) is 0 Å². The molecule has 20 heavy (non-hydrogen) atoms. The molecule has 1 heterocycles. The van der Waals surface area contributed by atoms with E-state index >= 15 is 0 Å². The maximum atomic E-state index is 11.0. The van der Waals surface area contributed by atoms with Crippen LogP contribution in [0.25, 0.3) is 10.8 Å². The summed E-state index contributed by atoms with van der Waals surface area (Å²) >= 11 is 0. The Balaban J connectivity index is 2.14. The van der Waals surface area contributed by atoms with Crippen molar-refractivity contribution in [3.05, 3.63) is 42.0 Å². The molecule has 1 atom stereocenters. The third-order valence-corrected chi connectivity index (χ3v) is 3.45. The number of fused-ring (bicyclic) bond motifs is 3. The predicted molar refractivity (Wildman–Crippen MR) is 76.5 cm³/mol. The molecule has 1 aliphatic heterocycles. The third kappa shape index (κ3) is 2.22. The molecule has 0 fully saturated rings. The number of ether oxygens (including phenoxy) is 1. The fraction of sp³-hybridized carbons (Fsp3) is 0.214. The molecule has 1 unspecified atom stereocenters. The average Bonchev–Trinajstić information content (AvgIpc) is 2.71. The molecule has 0 amide bonds. The van der Waals surface area contributed by atoms with Crippen molar-refractivity contribution >= 4 is 26.6 Å². The molecular weight excluding hydrogens is 278 g/mol. The second-order valence-electron chi connectivity index (χ2n) is 4.68. The van der Waals surface area contributed by atoms with E-state index in [1.54, 1.807) is 6.92 Å². The van der Waals surface area contributed by atoms with Crippen LogP contribution in [-0.2, 0) is 14.4 Å². The van der Waals surface area contributed by atoms with Gasteiger partial charge in [-0.15, -0.1) is 0 Å². The summed E-state index contributed by atoms with van der Waals surface area (Å²) in [6.45, 7) is 1.80. The topological polar surface area (TPSA) is 65.0 Å². The molecule has 3 rings (SSSR count). The van der Waals surface area contributed by atoms with Crippen molar-refractivity contribution in [2.45, 2.75) is 13.0 Å². The molecule has 2 aromatic rings. The smallest absolute Gasteiger partial charge is 0.325 e. The molecule has 6 heteroatoms. The van der Waals surface area contributed by atoms with Crippen LogP contribution in [0, 0.1) is 0 Å². The number of hydrogen-bond donors (Lipinski definition) is 0. The molecule has 0 aliphatic carbocycles. The number of rotatable bonds is 2. The van der Waals surface area contributed by atoms with Gasteiger partial charge in [0.15, 0.2) is 0 Å². The third-order valence-electron chi connectivity index (χ3n) is 3.11. The van der Waals surface area contributed by atoms with Crippen molar-refractivity contribution in [1.29, 1.82) is 0 Å². The van der Waals surface area contributed by atoms with Crippen molar-refractivity contribution in [3.63, 3.8) is 0 Å². The normalized spacial score (nSPS) is 19.9. The second kappa shape index (κ2) is 4.49. The van der Waals surface area contributed by atoms with Crippen LogP contribution in [0.15, 0.2) is 41.6 Å². The van der Waals surface area contributed by atoms with Gasteiger partial charge < -0.3 is 4.74 Å². The first kappa shape index (κ1) is 12.9. The Bertz CT molecular complexity index is 811. The lowest BCUT2D eigenvalue weighted by atomic mass is 10.0. The van der Waals surface area contributed by atoms with Gasteiger partial charge in [-0.1, -0.05) is 35.5 Å². The van der Waals surface area contributed by atoms with Crippen LogP contribution in [0.1, 0.15) is 12.5 Å². The molecule has 0 saturated heterocycles. The minimum Gasteiger partial charge on any atom is -0.483 e. The van der Waals surface area contributed by atoms with E-state index in [9.17, 15) is 8.42 Å². The zero-order valence-electron chi connectivity index (χ0n) is 11.0. The van der Waals surface area contributed by atoms with E-state index in [1.165, 1.54) is 0 Å². The molecule has 0 bridgehead atoms. The van der Waals surface area contributed by atoms with E-state index in [0.29, 0.717) is 11.5 Å². The number of oxime groups is 1. The van der Waals surface area contributed by atoms with Crippen LogP contribution >= 0.6 is 0 Å². The van der Waals surface area contributed by atoms with Gasteiger partial charge in [0.2, 0.25) is 0 Å². The van der Waals surface area contributed by atoms with E-state index < -0.39 is 10.1 Å². The monoisotopic (exact) mass is 291 g/mol. The average molecular weight is 291 g/mol. The van der Waals surface area contributed by atoms with Crippen LogP contribution in [0.2, 0.25) is 0 Å². The first-order valence-corrected chi connectivity index (χ1v) is 7.92. The Morgan fingerprint density at radius 2 is 1.95 bits per heavy atom. The second-order valence-corrected chi connectivity index (χ2v) is 6.24. The number of benzene rings is 2. The van der Waals surface area contributed by atoms with Crippen LogP contribution in [0.5, 0.6) is 5.75 Å². The maximum absolute atomic E-state index is 11.0. The van der Waals surface area contributed by atoms with Gasteiger partial charge in [0.1, 0.15) is 17.6 Å². The first-order valence-electron chi connectivity index (χ1n) is 6.11. The van der Waals surface area contributed by atoms with E-state index in [-0.39, 0.29) is 6.10 Å². The highest BCUT2D eigenvalue weighted by molar-refractivity contribution is 7.85. The van der Waals surface area contributed by atoms with Gasteiger partial charge in [-0.25, -0.2) is 0 Å². The van der Waals surface area contributed by atoms with Gasteiger partial charge in [-0.2, -0.15) is 8.42 Å². The molecule has 2 aromatic carbocycles. The zero-order valence-corrected chi connectivity index (χ0v) is 11.8. The molecule has 0 radical (unpaired) electrons. The molecule has 0 spiro atoms. The van der Waals surface area contributed by atoms with Gasteiger partial charge in [-0.05, 0) is 18.4 Å². The van der Waals surface area contributed by atoms with E-state index in [2.05, 4.69) is 9.44 Å². The largest absolute Gasteiger partial charge is 0.483 e. The highest BCUT2D eigenvalue weighted by Gasteiger charge is 2.29. The highest BCUT2D eigenvalue weighted by atomic mass is 32.2. The molecule has 104 valence electrons. The van der Waals surface area contributed by atoms with Gasteiger partial charge in [-0.3, -0.25) is 4.28 Å². The number of hydrogen-bond acceptors (Lipinski definition) is 5.